The summed E-state index contributed by atoms with van der Waals surface area (Å²) >= 11 is 0. The summed E-state index contributed by atoms with van der Waals surface area (Å²) in [5.74, 6) is -0.947. The zero-order chi connectivity index (χ0) is 19.0. The number of imidazole rings is 1. The maximum absolute atomic E-state index is 14.1. The number of fused-ring (bicyclic) bond motifs is 1. The first kappa shape index (κ1) is 17.6. The number of benzene rings is 1. The van der Waals surface area contributed by atoms with E-state index in [1.54, 1.807) is 17.8 Å². The van der Waals surface area contributed by atoms with Crippen molar-refractivity contribution in [1.29, 1.82) is 0 Å². The number of aromatic nitrogens is 4. The molecular weight excluding hydrogens is 354 g/mol. The van der Waals surface area contributed by atoms with Crippen LogP contribution in [0.4, 0.5) is 26.4 Å². The van der Waals surface area contributed by atoms with Crippen LogP contribution in [0.1, 0.15) is 18.4 Å². The van der Waals surface area contributed by atoms with Crippen LogP contribution < -0.4 is 10.6 Å². The van der Waals surface area contributed by atoms with Gasteiger partial charge in [0.2, 0.25) is 11.9 Å². The second-order valence-electron chi connectivity index (χ2n) is 6.61. The van der Waals surface area contributed by atoms with Crippen LogP contribution in [0, 0.1) is 18.6 Å². The van der Waals surface area contributed by atoms with E-state index in [2.05, 4.69) is 25.6 Å². The normalized spacial score (nSPS) is 15.3. The van der Waals surface area contributed by atoms with E-state index in [1.807, 2.05) is 0 Å². The molecule has 0 spiro atoms. The smallest absolute Gasteiger partial charge is 0.224 e. The molecule has 9 heteroatoms. The molecule has 2 N–H and O–H groups in total. The second kappa shape index (κ2) is 7.07. The van der Waals surface area contributed by atoms with E-state index in [4.69, 9.17) is 4.74 Å². The Morgan fingerprint density at radius 2 is 1.93 bits per heavy atom. The van der Waals surface area contributed by atoms with Gasteiger partial charge in [0.15, 0.2) is 17.3 Å². The number of aryl methyl sites for hydroxylation is 2. The highest BCUT2D eigenvalue weighted by molar-refractivity contribution is 5.76. The number of rotatable bonds is 4. The third-order valence-electron chi connectivity index (χ3n) is 4.69. The number of halogens is 2. The van der Waals surface area contributed by atoms with Crippen molar-refractivity contribution < 1.29 is 13.5 Å². The van der Waals surface area contributed by atoms with E-state index in [-0.39, 0.29) is 17.3 Å². The zero-order valence-corrected chi connectivity index (χ0v) is 15.1. The number of hydrogen-bond donors (Lipinski definition) is 2. The predicted molar refractivity (Wildman–Crippen MR) is 98.1 cm³/mol. The molecule has 0 bridgehead atoms. The number of hydrogen-bond acceptors (Lipinski definition) is 6. The average Bonchev–Trinajstić information content (AvgIpc) is 2.98. The van der Waals surface area contributed by atoms with Gasteiger partial charge in [0.25, 0.3) is 0 Å². The molecule has 1 saturated heterocycles. The molecule has 0 radical (unpaired) electrons. The van der Waals surface area contributed by atoms with E-state index in [0.717, 1.165) is 26.1 Å². The minimum absolute atomic E-state index is 0.0185. The highest BCUT2D eigenvalue weighted by Crippen LogP contribution is 2.25. The molecule has 0 unspecified atom stereocenters. The quantitative estimate of drug-likeness (QED) is 0.730. The Labute approximate surface area is 154 Å². The van der Waals surface area contributed by atoms with E-state index in [0.29, 0.717) is 23.1 Å². The molecule has 1 aliphatic rings. The Kier molecular flexibility index (Phi) is 4.61. The van der Waals surface area contributed by atoms with Crippen LogP contribution in [0.3, 0.4) is 0 Å². The van der Waals surface area contributed by atoms with Crippen LogP contribution in [-0.4, -0.2) is 38.8 Å². The Bertz CT molecular complexity index is 984. The summed E-state index contributed by atoms with van der Waals surface area (Å²) in [7, 11) is 1.76. The maximum atomic E-state index is 14.1. The average molecular weight is 374 g/mol. The van der Waals surface area contributed by atoms with E-state index in [1.165, 1.54) is 19.1 Å². The summed E-state index contributed by atoms with van der Waals surface area (Å²) in [5, 5.41) is 6.14. The standard InChI is InChI=1S/C18H20F2N6O/c1-10-3-4-12(15(20)14(10)19)23-18-24-13-9-21-17(25-16(13)26(18)2)22-11-5-7-27-8-6-11/h3-4,9,11H,5-8H2,1-2H3,(H,23,24)(H,21,22,25). The highest BCUT2D eigenvalue weighted by atomic mass is 19.2. The molecule has 0 saturated carbocycles. The fraction of sp³-hybridized carbons (Fsp3) is 0.389. The Balaban J connectivity index is 1.61. The Morgan fingerprint density at radius 1 is 1.15 bits per heavy atom. The van der Waals surface area contributed by atoms with Gasteiger partial charge in [-0.1, -0.05) is 6.07 Å². The molecule has 3 heterocycles. The fourth-order valence-corrected chi connectivity index (χ4v) is 3.05. The van der Waals surface area contributed by atoms with Gasteiger partial charge in [-0.05, 0) is 31.4 Å². The van der Waals surface area contributed by atoms with Crippen molar-refractivity contribution in [3.05, 3.63) is 35.5 Å². The lowest BCUT2D eigenvalue weighted by molar-refractivity contribution is 0.0903. The first-order chi connectivity index (χ1) is 13.0. The molecule has 0 atom stereocenters. The summed E-state index contributed by atoms with van der Waals surface area (Å²) < 4.78 is 35.0. The number of ether oxygens (including phenoxy) is 1. The number of nitrogens with one attached hydrogen (secondary N) is 2. The molecule has 0 aliphatic carbocycles. The molecule has 27 heavy (non-hydrogen) atoms. The Hall–Kier alpha value is -2.81. The fourth-order valence-electron chi connectivity index (χ4n) is 3.05. The van der Waals surface area contributed by atoms with Crippen LogP contribution in [0.25, 0.3) is 11.2 Å². The first-order valence-corrected chi connectivity index (χ1v) is 8.78. The van der Waals surface area contributed by atoms with Crippen molar-refractivity contribution >= 4 is 28.7 Å². The van der Waals surface area contributed by atoms with E-state index < -0.39 is 11.6 Å². The van der Waals surface area contributed by atoms with Gasteiger partial charge in [0.1, 0.15) is 5.52 Å². The van der Waals surface area contributed by atoms with Gasteiger partial charge < -0.3 is 15.4 Å². The van der Waals surface area contributed by atoms with E-state index >= 15 is 0 Å². The Morgan fingerprint density at radius 3 is 2.70 bits per heavy atom. The summed E-state index contributed by atoms with van der Waals surface area (Å²) in [6.07, 6.45) is 3.41. The van der Waals surface area contributed by atoms with Crippen LogP contribution in [0.15, 0.2) is 18.3 Å². The molecule has 1 aliphatic heterocycles. The minimum Gasteiger partial charge on any atom is -0.381 e. The molecule has 3 aromatic rings. The molecular formula is C18H20F2N6O. The van der Waals surface area contributed by atoms with Crippen molar-refractivity contribution in [3.8, 4) is 0 Å². The van der Waals surface area contributed by atoms with Gasteiger partial charge in [-0.3, -0.25) is 4.57 Å². The maximum Gasteiger partial charge on any atom is 0.224 e. The number of nitrogens with zero attached hydrogens (tertiary/aromatic N) is 4. The van der Waals surface area contributed by atoms with Gasteiger partial charge in [0.05, 0.1) is 11.9 Å². The molecule has 0 amide bonds. The van der Waals surface area contributed by atoms with Crippen LogP contribution in [-0.2, 0) is 11.8 Å². The van der Waals surface area contributed by atoms with Crippen molar-refractivity contribution in [2.45, 2.75) is 25.8 Å². The number of anilines is 3. The van der Waals surface area contributed by atoms with Gasteiger partial charge >= 0.3 is 0 Å². The summed E-state index contributed by atoms with van der Waals surface area (Å²) in [4.78, 5) is 13.2. The van der Waals surface area contributed by atoms with Gasteiger partial charge in [-0.2, -0.15) is 4.98 Å². The predicted octanol–water partition coefficient (Wildman–Crippen LogP) is 3.28. The van der Waals surface area contributed by atoms with E-state index in [9.17, 15) is 8.78 Å². The van der Waals surface area contributed by atoms with Crippen LogP contribution in [0.5, 0.6) is 0 Å². The van der Waals surface area contributed by atoms with Gasteiger partial charge in [-0.25, -0.2) is 18.7 Å². The first-order valence-electron chi connectivity index (χ1n) is 8.78. The van der Waals surface area contributed by atoms with Crippen molar-refractivity contribution in [1.82, 2.24) is 19.5 Å². The third kappa shape index (κ3) is 3.42. The van der Waals surface area contributed by atoms with Crippen LogP contribution in [0.2, 0.25) is 0 Å². The minimum atomic E-state index is -0.935. The third-order valence-corrected chi connectivity index (χ3v) is 4.69. The largest absolute Gasteiger partial charge is 0.381 e. The monoisotopic (exact) mass is 374 g/mol. The summed E-state index contributed by atoms with van der Waals surface area (Å²) in [6, 6.07) is 3.27. The molecule has 7 nitrogen and oxygen atoms in total. The zero-order valence-electron chi connectivity index (χ0n) is 15.1. The highest BCUT2D eigenvalue weighted by Gasteiger charge is 2.17. The lowest BCUT2D eigenvalue weighted by atomic mass is 10.1. The van der Waals surface area contributed by atoms with Gasteiger partial charge in [-0.15, -0.1) is 0 Å². The molecule has 4 rings (SSSR count). The second-order valence-corrected chi connectivity index (χ2v) is 6.61. The summed E-state index contributed by atoms with van der Waals surface area (Å²) in [5.41, 5.74) is 1.42. The SMILES string of the molecule is Cc1ccc(Nc2nc3cnc(NC4CCOCC4)nc3n2C)c(F)c1F. The topological polar surface area (TPSA) is 76.9 Å². The molecule has 142 valence electrons. The van der Waals surface area contributed by atoms with Crippen molar-refractivity contribution in [2.24, 2.45) is 7.05 Å². The lowest BCUT2D eigenvalue weighted by Crippen LogP contribution is -2.28. The molecule has 1 aromatic carbocycles. The van der Waals surface area contributed by atoms with Gasteiger partial charge in [0, 0.05) is 26.3 Å². The molecule has 1 fully saturated rings. The van der Waals surface area contributed by atoms with Crippen molar-refractivity contribution in [2.75, 3.05) is 23.8 Å². The molecule has 2 aromatic heterocycles. The van der Waals surface area contributed by atoms with Crippen LogP contribution >= 0.6 is 0 Å². The lowest BCUT2D eigenvalue weighted by Gasteiger charge is -2.22. The van der Waals surface area contributed by atoms with Crippen molar-refractivity contribution in [3.63, 3.8) is 0 Å². The summed E-state index contributed by atoms with van der Waals surface area (Å²) in [6.45, 7) is 2.95.